The number of likely N-dealkylation sites (N-methyl/N-ethyl adjacent to an activating group) is 1. The summed E-state index contributed by atoms with van der Waals surface area (Å²) in [5.74, 6) is 0.433. The lowest BCUT2D eigenvalue weighted by Crippen LogP contribution is -2.50. The Labute approximate surface area is 200 Å². The number of anilines is 1. The third-order valence-electron chi connectivity index (χ3n) is 6.49. The Morgan fingerprint density at radius 1 is 1.32 bits per heavy atom. The highest BCUT2D eigenvalue weighted by Gasteiger charge is 2.35. The summed E-state index contributed by atoms with van der Waals surface area (Å²) < 4.78 is 6.52. The van der Waals surface area contributed by atoms with E-state index in [-0.39, 0.29) is 36.3 Å². The van der Waals surface area contributed by atoms with Crippen LogP contribution in [-0.2, 0) is 0 Å². The first-order valence-electron chi connectivity index (χ1n) is 11.8. The molecular weight excluding hydrogens is 434 g/mol. The van der Waals surface area contributed by atoms with Crippen LogP contribution in [0.25, 0.3) is 0 Å². The fourth-order valence-electron chi connectivity index (χ4n) is 4.29. The molecule has 0 bridgehead atoms. The summed E-state index contributed by atoms with van der Waals surface area (Å²) in [5, 5.41) is 12.7. The second-order valence-corrected chi connectivity index (χ2v) is 9.51. The fourth-order valence-corrected chi connectivity index (χ4v) is 4.29. The number of ether oxygens (including phenoxy) is 1. The van der Waals surface area contributed by atoms with Gasteiger partial charge in [0.1, 0.15) is 11.8 Å². The molecule has 9 heteroatoms. The van der Waals surface area contributed by atoms with Crippen LogP contribution in [0.2, 0.25) is 0 Å². The molecule has 34 heavy (non-hydrogen) atoms. The summed E-state index contributed by atoms with van der Waals surface area (Å²) in [6.07, 6.45) is 6.66. The Morgan fingerprint density at radius 3 is 2.79 bits per heavy atom. The SMILES string of the molecule is C[C@H]1CN([C@@H](C)CO)C(=O)c2cccc(NC(=O)c3cnccn3)c2O[C@@H]1CN(C)CC1CC1. The monoisotopic (exact) mass is 467 g/mol. The Kier molecular flexibility index (Phi) is 7.43. The molecule has 2 aliphatic rings. The summed E-state index contributed by atoms with van der Waals surface area (Å²) in [6, 6.07) is 4.79. The number of hydrogen-bond donors (Lipinski definition) is 2. The number of hydrogen-bond acceptors (Lipinski definition) is 7. The summed E-state index contributed by atoms with van der Waals surface area (Å²) in [4.78, 5) is 38.3. The lowest BCUT2D eigenvalue weighted by Gasteiger charge is -2.38. The van der Waals surface area contributed by atoms with Gasteiger partial charge in [-0.25, -0.2) is 4.98 Å². The molecule has 2 aromatic rings. The average Bonchev–Trinajstić information content (AvgIpc) is 3.65. The first-order valence-corrected chi connectivity index (χ1v) is 11.8. The number of rotatable bonds is 8. The molecule has 1 aromatic heterocycles. The van der Waals surface area contributed by atoms with Crippen molar-refractivity contribution in [3.8, 4) is 5.75 Å². The summed E-state index contributed by atoms with van der Waals surface area (Å²) in [7, 11) is 2.09. The smallest absolute Gasteiger partial charge is 0.275 e. The average molecular weight is 468 g/mol. The number of para-hydroxylation sites is 1. The van der Waals surface area contributed by atoms with Crippen LogP contribution in [-0.4, -0.2) is 82.1 Å². The molecule has 1 aliphatic heterocycles. The first kappa shape index (κ1) is 24.1. The second kappa shape index (κ2) is 10.5. The van der Waals surface area contributed by atoms with Gasteiger partial charge in [0.05, 0.1) is 30.1 Å². The largest absolute Gasteiger partial charge is 0.486 e. The van der Waals surface area contributed by atoms with Gasteiger partial charge in [0.2, 0.25) is 0 Å². The predicted molar refractivity (Wildman–Crippen MR) is 128 cm³/mol. The molecule has 1 saturated carbocycles. The van der Waals surface area contributed by atoms with E-state index in [0.717, 1.165) is 12.5 Å². The molecule has 9 nitrogen and oxygen atoms in total. The molecule has 2 heterocycles. The molecule has 2 N–H and O–H groups in total. The fraction of sp³-hybridized carbons (Fsp3) is 0.520. The van der Waals surface area contributed by atoms with Crippen LogP contribution < -0.4 is 10.1 Å². The number of fused-ring (bicyclic) bond motifs is 1. The van der Waals surface area contributed by atoms with Crippen molar-refractivity contribution in [2.24, 2.45) is 11.8 Å². The number of amides is 2. The van der Waals surface area contributed by atoms with Crippen molar-refractivity contribution in [2.75, 3.05) is 38.6 Å². The zero-order chi connectivity index (χ0) is 24.2. The topological polar surface area (TPSA) is 108 Å². The molecule has 1 fully saturated rings. The van der Waals surface area contributed by atoms with Crippen LogP contribution in [0.15, 0.2) is 36.8 Å². The number of benzene rings is 1. The van der Waals surface area contributed by atoms with Gasteiger partial charge in [0.25, 0.3) is 11.8 Å². The molecule has 2 amide bonds. The van der Waals surface area contributed by atoms with Crippen LogP contribution in [0.4, 0.5) is 5.69 Å². The van der Waals surface area contributed by atoms with Crippen molar-refractivity contribution in [3.05, 3.63) is 48.0 Å². The molecule has 3 atom stereocenters. The van der Waals surface area contributed by atoms with E-state index in [0.29, 0.717) is 30.1 Å². The lowest BCUT2D eigenvalue weighted by atomic mass is 9.99. The van der Waals surface area contributed by atoms with E-state index in [1.165, 1.54) is 31.4 Å². The number of nitrogens with zero attached hydrogens (tertiary/aromatic N) is 4. The standard InChI is InChI=1S/C25H33N5O4/c1-16-12-30(17(2)15-31)25(33)19-5-4-6-20(28-24(32)21-11-26-9-10-27-21)23(19)34-22(16)14-29(3)13-18-7-8-18/h4-6,9-11,16-18,22,31H,7-8,12-15H2,1-3H3,(H,28,32)/t16-,17-,22+/m0/s1. The minimum absolute atomic E-state index is 0.0106. The number of aliphatic hydroxyl groups excluding tert-OH is 1. The van der Waals surface area contributed by atoms with Gasteiger partial charge < -0.3 is 25.0 Å². The number of aliphatic hydroxyl groups is 1. The Bertz CT molecular complexity index is 1010. The van der Waals surface area contributed by atoms with E-state index in [1.807, 2.05) is 6.92 Å². The van der Waals surface area contributed by atoms with Crippen LogP contribution in [0, 0.1) is 11.8 Å². The molecule has 0 spiro atoms. The third-order valence-corrected chi connectivity index (χ3v) is 6.49. The highest BCUT2D eigenvalue weighted by molar-refractivity contribution is 6.06. The van der Waals surface area contributed by atoms with E-state index >= 15 is 0 Å². The molecule has 4 rings (SSSR count). The predicted octanol–water partition coefficient (Wildman–Crippen LogP) is 2.29. The molecule has 1 aromatic carbocycles. The van der Waals surface area contributed by atoms with Gasteiger partial charge >= 0.3 is 0 Å². The number of aromatic nitrogens is 2. The van der Waals surface area contributed by atoms with E-state index < -0.39 is 5.91 Å². The minimum atomic E-state index is -0.435. The molecule has 182 valence electrons. The molecule has 0 radical (unpaired) electrons. The molecule has 1 aliphatic carbocycles. The second-order valence-electron chi connectivity index (χ2n) is 9.51. The highest BCUT2D eigenvalue weighted by Crippen LogP contribution is 2.35. The van der Waals surface area contributed by atoms with Gasteiger partial charge in [0, 0.05) is 37.9 Å². The van der Waals surface area contributed by atoms with E-state index in [9.17, 15) is 14.7 Å². The zero-order valence-electron chi connectivity index (χ0n) is 20.0. The van der Waals surface area contributed by atoms with Crippen molar-refractivity contribution >= 4 is 17.5 Å². The van der Waals surface area contributed by atoms with Crippen LogP contribution in [0.1, 0.15) is 47.5 Å². The third kappa shape index (κ3) is 5.53. The number of carbonyl (C=O) groups excluding carboxylic acids is 2. The summed E-state index contributed by atoms with van der Waals surface area (Å²) >= 11 is 0. The van der Waals surface area contributed by atoms with E-state index in [1.54, 1.807) is 23.1 Å². The molecule has 0 unspecified atom stereocenters. The molecular formula is C25H33N5O4. The van der Waals surface area contributed by atoms with Gasteiger partial charge in [-0.05, 0) is 44.9 Å². The molecule has 0 saturated heterocycles. The lowest BCUT2D eigenvalue weighted by molar-refractivity contribution is 0.0345. The van der Waals surface area contributed by atoms with Gasteiger partial charge in [-0.1, -0.05) is 13.0 Å². The van der Waals surface area contributed by atoms with Gasteiger partial charge in [-0.3, -0.25) is 14.6 Å². The van der Waals surface area contributed by atoms with Gasteiger partial charge in [-0.2, -0.15) is 0 Å². The number of nitrogens with one attached hydrogen (secondary N) is 1. The highest BCUT2D eigenvalue weighted by atomic mass is 16.5. The van der Waals surface area contributed by atoms with Crippen LogP contribution in [0.5, 0.6) is 5.75 Å². The van der Waals surface area contributed by atoms with E-state index in [4.69, 9.17) is 4.74 Å². The maximum absolute atomic E-state index is 13.5. The van der Waals surface area contributed by atoms with Gasteiger partial charge in [0.15, 0.2) is 5.75 Å². The normalized spacial score (nSPS) is 21.3. The number of carbonyl (C=O) groups is 2. The maximum atomic E-state index is 13.5. The Balaban J connectivity index is 1.68. The van der Waals surface area contributed by atoms with Crippen molar-refractivity contribution in [1.29, 1.82) is 0 Å². The maximum Gasteiger partial charge on any atom is 0.275 e. The van der Waals surface area contributed by atoms with Crippen molar-refractivity contribution in [3.63, 3.8) is 0 Å². The first-order chi connectivity index (χ1) is 16.4. The van der Waals surface area contributed by atoms with Crippen molar-refractivity contribution in [1.82, 2.24) is 19.8 Å². The van der Waals surface area contributed by atoms with Crippen molar-refractivity contribution < 1.29 is 19.4 Å². The van der Waals surface area contributed by atoms with E-state index in [2.05, 4.69) is 34.2 Å². The Morgan fingerprint density at radius 2 is 2.12 bits per heavy atom. The zero-order valence-corrected chi connectivity index (χ0v) is 20.0. The minimum Gasteiger partial charge on any atom is -0.486 e. The summed E-state index contributed by atoms with van der Waals surface area (Å²) in [6.45, 7) is 5.94. The van der Waals surface area contributed by atoms with Crippen molar-refractivity contribution in [2.45, 2.75) is 38.8 Å². The van der Waals surface area contributed by atoms with Gasteiger partial charge in [-0.15, -0.1) is 0 Å². The Hall–Kier alpha value is -3.04. The van der Waals surface area contributed by atoms with Crippen LogP contribution >= 0.6 is 0 Å². The van der Waals surface area contributed by atoms with Crippen LogP contribution in [0.3, 0.4) is 0 Å². The quantitative estimate of drug-likeness (QED) is 0.613. The summed E-state index contributed by atoms with van der Waals surface area (Å²) in [5.41, 5.74) is 0.933.